The van der Waals surface area contributed by atoms with Crippen LogP contribution >= 0.6 is 0 Å². The highest BCUT2D eigenvalue weighted by atomic mass is 16.3. The minimum Gasteiger partial charge on any atom is -0.394 e. The molecular weight excluding hydrogens is 202 g/mol. The van der Waals surface area contributed by atoms with E-state index in [2.05, 4.69) is 0 Å². The summed E-state index contributed by atoms with van der Waals surface area (Å²) in [4.78, 5) is 1.99. The molecule has 0 amide bonds. The molecule has 0 aromatic heterocycles. The van der Waals surface area contributed by atoms with Crippen molar-refractivity contribution in [2.75, 3.05) is 18.6 Å². The van der Waals surface area contributed by atoms with Crippen LogP contribution in [0.1, 0.15) is 31.9 Å². The van der Waals surface area contributed by atoms with Gasteiger partial charge in [-0.3, -0.25) is 0 Å². The monoisotopic (exact) mass is 223 g/mol. The van der Waals surface area contributed by atoms with Crippen molar-refractivity contribution in [3.63, 3.8) is 0 Å². The van der Waals surface area contributed by atoms with Crippen LogP contribution in [0.3, 0.4) is 0 Å². The Morgan fingerprint density at radius 2 is 1.94 bits per heavy atom. The second kappa shape index (κ2) is 5.87. The summed E-state index contributed by atoms with van der Waals surface area (Å²) in [7, 11) is 1.93. The molecule has 0 aliphatic rings. The number of likely N-dealkylation sites (N-methyl/N-ethyl adjacent to an activating group) is 1. The van der Waals surface area contributed by atoms with Crippen molar-refractivity contribution in [3.8, 4) is 0 Å². The Morgan fingerprint density at radius 3 is 2.50 bits per heavy atom. The molecule has 1 unspecified atom stereocenters. The van der Waals surface area contributed by atoms with Gasteiger partial charge in [-0.2, -0.15) is 0 Å². The standard InChI is InChI=1S/C13H21NO2/c1-4-13(16)11-7-5-6-8-12(11)14(3)10(2)9-15/h5-8,10,13,15-16H,4,9H2,1-3H3/t10?,13-/m1/s1. The highest BCUT2D eigenvalue weighted by molar-refractivity contribution is 5.54. The first kappa shape index (κ1) is 13.0. The van der Waals surface area contributed by atoms with Gasteiger partial charge < -0.3 is 15.1 Å². The van der Waals surface area contributed by atoms with Crippen molar-refractivity contribution in [2.45, 2.75) is 32.4 Å². The van der Waals surface area contributed by atoms with Crippen molar-refractivity contribution in [1.82, 2.24) is 0 Å². The average Bonchev–Trinajstić information content (AvgIpc) is 2.35. The molecule has 2 atom stereocenters. The van der Waals surface area contributed by atoms with Crippen LogP contribution < -0.4 is 4.90 Å². The summed E-state index contributed by atoms with van der Waals surface area (Å²) >= 11 is 0. The molecule has 0 saturated carbocycles. The normalized spacial score (nSPS) is 14.6. The molecule has 1 aromatic carbocycles. The third kappa shape index (κ3) is 2.74. The summed E-state index contributed by atoms with van der Waals surface area (Å²) in [5, 5.41) is 19.1. The molecule has 0 saturated heterocycles. The summed E-state index contributed by atoms with van der Waals surface area (Å²) in [5.41, 5.74) is 1.91. The molecule has 0 aliphatic heterocycles. The Labute approximate surface area is 97.3 Å². The van der Waals surface area contributed by atoms with E-state index in [0.29, 0.717) is 6.42 Å². The lowest BCUT2D eigenvalue weighted by Gasteiger charge is -2.28. The summed E-state index contributed by atoms with van der Waals surface area (Å²) in [6.45, 7) is 4.01. The molecule has 0 fully saturated rings. The Bertz CT molecular complexity index is 327. The maximum atomic E-state index is 9.92. The molecule has 2 N–H and O–H groups in total. The molecule has 0 radical (unpaired) electrons. The molecule has 0 bridgehead atoms. The number of hydrogen-bond acceptors (Lipinski definition) is 3. The van der Waals surface area contributed by atoms with Gasteiger partial charge in [0.25, 0.3) is 0 Å². The van der Waals surface area contributed by atoms with Gasteiger partial charge in [-0.1, -0.05) is 25.1 Å². The summed E-state index contributed by atoms with van der Waals surface area (Å²) in [6.07, 6.45) is 0.253. The maximum Gasteiger partial charge on any atom is 0.0807 e. The van der Waals surface area contributed by atoms with Gasteiger partial charge in [-0.25, -0.2) is 0 Å². The van der Waals surface area contributed by atoms with Gasteiger partial charge in [0.05, 0.1) is 12.7 Å². The van der Waals surface area contributed by atoms with E-state index in [1.54, 1.807) is 0 Å². The fourth-order valence-electron chi connectivity index (χ4n) is 1.67. The lowest BCUT2D eigenvalue weighted by molar-refractivity contribution is 0.173. The van der Waals surface area contributed by atoms with Crippen LogP contribution in [0.5, 0.6) is 0 Å². The van der Waals surface area contributed by atoms with Gasteiger partial charge in [0, 0.05) is 24.3 Å². The Balaban J connectivity index is 3.03. The number of rotatable bonds is 5. The number of hydrogen-bond donors (Lipinski definition) is 2. The number of benzene rings is 1. The van der Waals surface area contributed by atoms with E-state index in [-0.39, 0.29) is 12.6 Å². The van der Waals surface area contributed by atoms with E-state index in [9.17, 15) is 5.11 Å². The van der Waals surface area contributed by atoms with Crippen molar-refractivity contribution in [3.05, 3.63) is 29.8 Å². The van der Waals surface area contributed by atoms with E-state index < -0.39 is 6.10 Å². The fourth-order valence-corrected chi connectivity index (χ4v) is 1.67. The van der Waals surface area contributed by atoms with E-state index in [0.717, 1.165) is 11.3 Å². The molecular formula is C13H21NO2. The zero-order chi connectivity index (χ0) is 12.1. The molecule has 1 aromatic rings. The number of aliphatic hydroxyl groups is 2. The van der Waals surface area contributed by atoms with Gasteiger partial charge in [0.15, 0.2) is 0 Å². The van der Waals surface area contributed by atoms with Gasteiger partial charge in [0.1, 0.15) is 0 Å². The predicted octanol–water partition coefficient (Wildman–Crippen LogP) is 1.95. The van der Waals surface area contributed by atoms with Crippen LogP contribution in [0.2, 0.25) is 0 Å². The zero-order valence-electron chi connectivity index (χ0n) is 10.2. The van der Waals surface area contributed by atoms with Crippen molar-refractivity contribution < 1.29 is 10.2 Å². The maximum absolute atomic E-state index is 9.92. The molecule has 1 rings (SSSR count). The average molecular weight is 223 g/mol. The topological polar surface area (TPSA) is 43.7 Å². The van der Waals surface area contributed by atoms with Gasteiger partial charge in [0.2, 0.25) is 0 Å². The van der Waals surface area contributed by atoms with Crippen LogP contribution in [-0.4, -0.2) is 29.9 Å². The molecule has 3 nitrogen and oxygen atoms in total. The minimum atomic E-state index is -0.440. The summed E-state index contributed by atoms with van der Waals surface area (Å²) < 4.78 is 0. The third-order valence-corrected chi connectivity index (χ3v) is 2.99. The molecule has 16 heavy (non-hydrogen) atoms. The van der Waals surface area contributed by atoms with Gasteiger partial charge in [-0.15, -0.1) is 0 Å². The summed E-state index contributed by atoms with van der Waals surface area (Å²) in [5.74, 6) is 0. The van der Waals surface area contributed by atoms with Crippen LogP contribution in [0.4, 0.5) is 5.69 Å². The van der Waals surface area contributed by atoms with Crippen molar-refractivity contribution in [2.24, 2.45) is 0 Å². The number of aliphatic hydroxyl groups excluding tert-OH is 2. The minimum absolute atomic E-state index is 0.0465. The van der Waals surface area contributed by atoms with Crippen LogP contribution in [0.25, 0.3) is 0 Å². The second-order valence-corrected chi connectivity index (χ2v) is 4.13. The van der Waals surface area contributed by atoms with Crippen molar-refractivity contribution in [1.29, 1.82) is 0 Å². The van der Waals surface area contributed by atoms with E-state index >= 15 is 0 Å². The third-order valence-electron chi connectivity index (χ3n) is 2.99. The lowest BCUT2D eigenvalue weighted by Crippen LogP contribution is -2.32. The second-order valence-electron chi connectivity index (χ2n) is 4.13. The Hall–Kier alpha value is -1.06. The SMILES string of the molecule is CC[C@@H](O)c1ccccc1N(C)C(C)CO. The molecule has 90 valence electrons. The quantitative estimate of drug-likeness (QED) is 0.802. The highest BCUT2D eigenvalue weighted by Crippen LogP contribution is 2.28. The summed E-state index contributed by atoms with van der Waals surface area (Å²) in [6, 6.07) is 7.83. The fraction of sp³-hybridized carbons (Fsp3) is 0.538. The largest absolute Gasteiger partial charge is 0.394 e. The Kier molecular flexibility index (Phi) is 4.77. The predicted molar refractivity (Wildman–Crippen MR) is 66.6 cm³/mol. The zero-order valence-corrected chi connectivity index (χ0v) is 10.2. The van der Waals surface area contributed by atoms with E-state index in [1.807, 2.05) is 50.1 Å². The van der Waals surface area contributed by atoms with E-state index in [4.69, 9.17) is 5.11 Å². The number of para-hydroxylation sites is 1. The Morgan fingerprint density at radius 1 is 1.31 bits per heavy atom. The molecule has 3 heteroatoms. The first-order valence-electron chi connectivity index (χ1n) is 5.72. The van der Waals surface area contributed by atoms with Crippen LogP contribution in [0.15, 0.2) is 24.3 Å². The highest BCUT2D eigenvalue weighted by Gasteiger charge is 2.16. The van der Waals surface area contributed by atoms with Crippen molar-refractivity contribution >= 4 is 5.69 Å². The van der Waals surface area contributed by atoms with Gasteiger partial charge >= 0.3 is 0 Å². The number of anilines is 1. The van der Waals surface area contributed by atoms with E-state index in [1.165, 1.54) is 0 Å². The first-order valence-corrected chi connectivity index (χ1v) is 5.72. The number of nitrogens with zero attached hydrogens (tertiary/aromatic N) is 1. The smallest absolute Gasteiger partial charge is 0.0807 e. The lowest BCUT2D eigenvalue weighted by atomic mass is 10.0. The van der Waals surface area contributed by atoms with Crippen LogP contribution in [0, 0.1) is 0 Å². The first-order chi connectivity index (χ1) is 7.61. The molecule has 0 heterocycles. The van der Waals surface area contributed by atoms with Gasteiger partial charge in [-0.05, 0) is 19.4 Å². The molecule has 0 aliphatic carbocycles. The molecule has 0 spiro atoms. The van der Waals surface area contributed by atoms with Crippen LogP contribution in [-0.2, 0) is 0 Å².